The molecule has 2 atom stereocenters. The van der Waals surface area contributed by atoms with Crippen molar-refractivity contribution in [3.05, 3.63) is 11.6 Å². The van der Waals surface area contributed by atoms with Crippen LogP contribution in [0.4, 0.5) is 4.39 Å². The predicted octanol–water partition coefficient (Wildman–Crippen LogP) is 3.57. The summed E-state index contributed by atoms with van der Waals surface area (Å²) in [6.07, 6.45) is 3.22. The molecule has 0 spiro atoms. The Morgan fingerprint density at radius 2 is 1.93 bits per heavy atom. The van der Waals surface area contributed by atoms with Crippen LogP contribution in [0.1, 0.15) is 46.5 Å². The molecule has 88 valence electrons. The summed E-state index contributed by atoms with van der Waals surface area (Å²) >= 11 is 0. The van der Waals surface area contributed by atoms with Crippen molar-refractivity contribution in [2.45, 2.75) is 52.6 Å². The Labute approximate surface area is 91.2 Å². The number of alkyl halides is 1. The number of rotatable bonds is 7. The minimum absolute atomic E-state index is 0.130. The van der Waals surface area contributed by atoms with Crippen LogP contribution >= 0.6 is 0 Å². The summed E-state index contributed by atoms with van der Waals surface area (Å²) in [5, 5.41) is 8.36. The third-order valence-electron chi connectivity index (χ3n) is 2.39. The van der Waals surface area contributed by atoms with Crippen LogP contribution in [-0.4, -0.2) is 17.2 Å². The van der Waals surface area contributed by atoms with E-state index < -0.39 is 12.1 Å². The molecule has 0 aromatic heterocycles. The lowest BCUT2D eigenvalue weighted by Gasteiger charge is -2.10. The summed E-state index contributed by atoms with van der Waals surface area (Å²) in [6.45, 7) is 6.13. The Morgan fingerprint density at radius 3 is 2.40 bits per heavy atom. The number of hydrogen-bond donors (Lipinski definition) is 1. The molecule has 0 amide bonds. The fraction of sp³-hybridized carbons (Fsp3) is 0.750. The van der Waals surface area contributed by atoms with Crippen molar-refractivity contribution in [1.82, 2.24) is 0 Å². The molecule has 0 aliphatic rings. The largest absolute Gasteiger partial charge is 0.479 e. The van der Waals surface area contributed by atoms with E-state index in [2.05, 4.69) is 6.08 Å². The monoisotopic (exact) mass is 216 g/mol. The number of carboxylic acid groups (broad SMARTS) is 1. The van der Waals surface area contributed by atoms with Crippen LogP contribution in [0, 0.1) is 5.92 Å². The number of allylic oxidation sites excluding steroid dienone is 2. The molecule has 0 aromatic carbocycles. The molecule has 0 saturated heterocycles. The van der Waals surface area contributed by atoms with Crippen molar-refractivity contribution in [2.24, 2.45) is 5.92 Å². The van der Waals surface area contributed by atoms with Gasteiger partial charge in [0, 0.05) is 0 Å². The second-order valence-corrected chi connectivity index (χ2v) is 4.35. The van der Waals surface area contributed by atoms with Gasteiger partial charge in [-0.1, -0.05) is 18.6 Å². The third-order valence-corrected chi connectivity index (χ3v) is 2.39. The number of hydrogen-bond acceptors (Lipinski definition) is 1. The summed E-state index contributed by atoms with van der Waals surface area (Å²) in [5.41, 5.74) is 1.29. The van der Waals surface area contributed by atoms with Crippen molar-refractivity contribution >= 4 is 5.97 Å². The molecular weight excluding hydrogens is 195 g/mol. The molecule has 0 radical (unpaired) electrons. The smallest absolute Gasteiger partial charge is 0.338 e. The molecule has 0 heterocycles. The van der Waals surface area contributed by atoms with Crippen molar-refractivity contribution in [3.63, 3.8) is 0 Å². The first-order valence-electron chi connectivity index (χ1n) is 5.43. The topological polar surface area (TPSA) is 37.3 Å². The van der Waals surface area contributed by atoms with Gasteiger partial charge in [-0.3, -0.25) is 0 Å². The van der Waals surface area contributed by atoms with E-state index in [0.717, 1.165) is 12.8 Å². The average molecular weight is 216 g/mol. The van der Waals surface area contributed by atoms with Gasteiger partial charge in [0.15, 0.2) is 6.17 Å². The Balaban J connectivity index is 3.62. The summed E-state index contributed by atoms with van der Waals surface area (Å²) in [5.74, 6) is -0.954. The normalized spacial score (nSPS) is 14.4. The molecule has 0 aliphatic carbocycles. The first-order chi connectivity index (χ1) is 6.93. The maximum absolute atomic E-state index is 12.7. The van der Waals surface area contributed by atoms with Gasteiger partial charge in [0.25, 0.3) is 0 Å². The van der Waals surface area contributed by atoms with E-state index in [-0.39, 0.29) is 6.42 Å². The Hall–Kier alpha value is -0.860. The second kappa shape index (κ2) is 7.43. The van der Waals surface area contributed by atoms with Crippen LogP contribution in [0.3, 0.4) is 0 Å². The van der Waals surface area contributed by atoms with Crippen LogP contribution in [0.15, 0.2) is 11.6 Å². The van der Waals surface area contributed by atoms with Gasteiger partial charge in [-0.15, -0.1) is 0 Å². The number of aliphatic carboxylic acids is 1. The lowest BCUT2D eigenvalue weighted by atomic mass is 9.98. The fourth-order valence-electron chi connectivity index (χ4n) is 1.36. The Kier molecular flexibility index (Phi) is 7.01. The molecule has 2 nitrogen and oxygen atoms in total. The number of halogens is 1. The van der Waals surface area contributed by atoms with Crippen molar-refractivity contribution in [2.75, 3.05) is 0 Å². The van der Waals surface area contributed by atoms with Crippen LogP contribution in [-0.2, 0) is 4.79 Å². The quantitative estimate of drug-likeness (QED) is 0.660. The molecule has 0 rings (SSSR count). The van der Waals surface area contributed by atoms with Crippen LogP contribution < -0.4 is 0 Å². The third kappa shape index (κ3) is 8.16. The van der Waals surface area contributed by atoms with Gasteiger partial charge in [-0.05, 0) is 45.4 Å². The van der Waals surface area contributed by atoms with Gasteiger partial charge in [-0.25, -0.2) is 9.18 Å². The van der Waals surface area contributed by atoms with Gasteiger partial charge < -0.3 is 5.11 Å². The van der Waals surface area contributed by atoms with Gasteiger partial charge in [0.1, 0.15) is 0 Å². The lowest BCUT2D eigenvalue weighted by Crippen LogP contribution is -2.15. The van der Waals surface area contributed by atoms with Crippen LogP contribution in [0.5, 0.6) is 0 Å². The summed E-state index contributed by atoms with van der Waals surface area (Å²) < 4.78 is 12.7. The summed E-state index contributed by atoms with van der Waals surface area (Å²) in [6, 6.07) is 0. The van der Waals surface area contributed by atoms with Crippen molar-refractivity contribution in [3.8, 4) is 0 Å². The lowest BCUT2D eigenvalue weighted by molar-refractivity contribution is -0.143. The first-order valence-corrected chi connectivity index (χ1v) is 5.43. The maximum atomic E-state index is 12.7. The molecule has 3 heteroatoms. The molecule has 0 saturated carbocycles. The molecule has 1 N–H and O–H groups in total. The van der Waals surface area contributed by atoms with Crippen molar-refractivity contribution in [1.29, 1.82) is 0 Å². The van der Waals surface area contributed by atoms with Gasteiger partial charge in [0.05, 0.1) is 0 Å². The number of carboxylic acids is 1. The molecule has 0 aliphatic heterocycles. The fourth-order valence-corrected chi connectivity index (χ4v) is 1.36. The first kappa shape index (κ1) is 14.1. The molecule has 0 bridgehead atoms. The minimum Gasteiger partial charge on any atom is -0.479 e. The van der Waals surface area contributed by atoms with Gasteiger partial charge in [0.2, 0.25) is 0 Å². The Bertz CT molecular complexity index is 220. The highest BCUT2D eigenvalue weighted by atomic mass is 19.1. The van der Waals surface area contributed by atoms with Crippen LogP contribution in [0.2, 0.25) is 0 Å². The standard InChI is InChI=1S/C12H21FO2/c1-9(2)5-4-6-10(3)7-8-11(13)12(14)15/h5,10-11H,4,6-8H2,1-3H3,(H,14,15)/t10-,11-/m1/s1. The van der Waals surface area contributed by atoms with E-state index in [1.165, 1.54) is 5.57 Å². The Morgan fingerprint density at radius 1 is 1.33 bits per heavy atom. The molecule has 0 unspecified atom stereocenters. The van der Waals surface area contributed by atoms with E-state index in [1.807, 2.05) is 20.8 Å². The zero-order chi connectivity index (χ0) is 11.8. The van der Waals surface area contributed by atoms with E-state index in [4.69, 9.17) is 5.11 Å². The molecule has 0 fully saturated rings. The second-order valence-electron chi connectivity index (χ2n) is 4.35. The van der Waals surface area contributed by atoms with E-state index in [0.29, 0.717) is 12.3 Å². The SMILES string of the molecule is CC(C)=CCC[C@@H](C)CC[C@@H](F)C(=O)O. The van der Waals surface area contributed by atoms with E-state index >= 15 is 0 Å². The minimum atomic E-state index is -1.70. The summed E-state index contributed by atoms with van der Waals surface area (Å²) in [4.78, 5) is 10.2. The highest BCUT2D eigenvalue weighted by molar-refractivity contribution is 5.71. The van der Waals surface area contributed by atoms with E-state index in [1.54, 1.807) is 0 Å². The predicted molar refractivity (Wildman–Crippen MR) is 59.6 cm³/mol. The van der Waals surface area contributed by atoms with Gasteiger partial charge >= 0.3 is 5.97 Å². The number of carbonyl (C=O) groups is 1. The average Bonchev–Trinajstić information content (AvgIpc) is 2.13. The van der Waals surface area contributed by atoms with Gasteiger partial charge in [-0.2, -0.15) is 0 Å². The van der Waals surface area contributed by atoms with E-state index in [9.17, 15) is 9.18 Å². The van der Waals surface area contributed by atoms with Crippen LogP contribution in [0.25, 0.3) is 0 Å². The maximum Gasteiger partial charge on any atom is 0.338 e. The van der Waals surface area contributed by atoms with Crippen molar-refractivity contribution < 1.29 is 14.3 Å². The molecule has 15 heavy (non-hydrogen) atoms. The zero-order valence-electron chi connectivity index (χ0n) is 9.79. The zero-order valence-corrected chi connectivity index (χ0v) is 9.79. The highest BCUT2D eigenvalue weighted by Crippen LogP contribution is 2.16. The molecular formula is C12H21FO2. The summed E-state index contributed by atoms with van der Waals surface area (Å²) in [7, 11) is 0. The molecule has 0 aromatic rings. The highest BCUT2D eigenvalue weighted by Gasteiger charge is 2.16.